The van der Waals surface area contributed by atoms with Crippen LogP contribution in [-0.2, 0) is 16.0 Å². The van der Waals surface area contributed by atoms with E-state index >= 15 is 0 Å². The van der Waals surface area contributed by atoms with Gasteiger partial charge in [0.15, 0.2) is 0 Å². The Morgan fingerprint density at radius 1 is 0.966 bits per heavy atom. The van der Waals surface area contributed by atoms with E-state index in [0.29, 0.717) is 19.6 Å². The molecule has 1 saturated heterocycles. The predicted octanol–water partition coefficient (Wildman–Crippen LogP) is 2.44. The first-order valence-electron chi connectivity index (χ1n) is 10.0. The largest absolute Gasteiger partial charge is 0.495 e. The van der Waals surface area contributed by atoms with E-state index in [9.17, 15) is 9.59 Å². The van der Waals surface area contributed by atoms with Crippen molar-refractivity contribution in [2.75, 3.05) is 51.3 Å². The standard InChI is InChI=1S/C23H29N3O3/c1-19(27)26(13-12-20-8-4-3-5-9-20)18-23(28)25-16-14-24(15-17-25)21-10-6-7-11-22(21)29-2/h3-11H,12-18H2,1-2H3. The summed E-state index contributed by atoms with van der Waals surface area (Å²) in [4.78, 5) is 30.5. The number of methoxy groups -OCH3 is 1. The van der Waals surface area contributed by atoms with Crippen LogP contribution in [0.15, 0.2) is 54.6 Å². The molecule has 0 unspecified atom stereocenters. The maximum absolute atomic E-state index is 12.8. The Balaban J connectivity index is 1.53. The van der Waals surface area contributed by atoms with Crippen LogP contribution in [0.4, 0.5) is 5.69 Å². The smallest absolute Gasteiger partial charge is 0.242 e. The third-order valence-electron chi connectivity index (χ3n) is 5.34. The van der Waals surface area contributed by atoms with Crippen molar-refractivity contribution in [2.45, 2.75) is 13.3 Å². The van der Waals surface area contributed by atoms with Gasteiger partial charge in [0.25, 0.3) is 0 Å². The number of amides is 2. The second-order valence-corrected chi connectivity index (χ2v) is 7.22. The van der Waals surface area contributed by atoms with Crippen LogP contribution in [0.1, 0.15) is 12.5 Å². The maximum atomic E-state index is 12.8. The van der Waals surface area contributed by atoms with Crippen LogP contribution in [0.2, 0.25) is 0 Å². The van der Waals surface area contributed by atoms with Gasteiger partial charge in [0.2, 0.25) is 11.8 Å². The highest BCUT2D eigenvalue weighted by Crippen LogP contribution is 2.28. The summed E-state index contributed by atoms with van der Waals surface area (Å²) in [5.74, 6) is 0.783. The zero-order chi connectivity index (χ0) is 20.6. The Kier molecular flexibility index (Phi) is 7.11. The van der Waals surface area contributed by atoms with Crippen LogP contribution >= 0.6 is 0 Å². The molecular weight excluding hydrogens is 366 g/mol. The number of rotatable bonds is 7. The normalized spacial score (nSPS) is 13.9. The zero-order valence-electron chi connectivity index (χ0n) is 17.2. The van der Waals surface area contributed by atoms with Crippen molar-refractivity contribution in [3.63, 3.8) is 0 Å². The number of para-hydroxylation sites is 2. The Morgan fingerprint density at radius 3 is 2.28 bits per heavy atom. The first-order valence-corrected chi connectivity index (χ1v) is 10.0. The molecule has 0 radical (unpaired) electrons. The number of carbonyl (C=O) groups is 2. The molecule has 2 amide bonds. The quantitative estimate of drug-likeness (QED) is 0.723. The zero-order valence-corrected chi connectivity index (χ0v) is 17.2. The van der Waals surface area contributed by atoms with Gasteiger partial charge in [-0.05, 0) is 24.1 Å². The Labute approximate surface area is 172 Å². The number of nitrogens with zero attached hydrogens (tertiary/aromatic N) is 3. The van der Waals surface area contributed by atoms with Gasteiger partial charge < -0.3 is 19.4 Å². The molecule has 6 heteroatoms. The fraction of sp³-hybridized carbons (Fsp3) is 0.391. The summed E-state index contributed by atoms with van der Waals surface area (Å²) in [6.45, 7) is 4.98. The highest BCUT2D eigenvalue weighted by atomic mass is 16.5. The minimum absolute atomic E-state index is 0.00735. The molecule has 154 valence electrons. The molecule has 1 heterocycles. The summed E-state index contributed by atoms with van der Waals surface area (Å²) in [6, 6.07) is 18.0. The minimum atomic E-state index is -0.0676. The van der Waals surface area contributed by atoms with Crippen molar-refractivity contribution in [3.05, 3.63) is 60.2 Å². The molecule has 1 aliphatic rings. The summed E-state index contributed by atoms with van der Waals surface area (Å²) >= 11 is 0. The van der Waals surface area contributed by atoms with E-state index in [0.717, 1.165) is 36.5 Å². The topological polar surface area (TPSA) is 53.1 Å². The van der Waals surface area contributed by atoms with Crippen molar-refractivity contribution < 1.29 is 14.3 Å². The van der Waals surface area contributed by atoms with Gasteiger partial charge in [0, 0.05) is 39.6 Å². The van der Waals surface area contributed by atoms with Gasteiger partial charge in [-0.1, -0.05) is 42.5 Å². The lowest BCUT2D eigenvalue weighted by molar-refractivity contribution is -0.139. The number of carbonyl (C=O) groups excluding carboxylic acids is 2. The van der Waals surface area contributed by atoms with Gasteiger partial charge in [0.05, 0.1) is 19.3 Å². The molecule has 0 spiro atoms. The van der Waals surface area contributed by atoms with Crippen molar-refractivity contribution >= 4 is 17.5 Å². The predicted molar refractivity (Wildman–Crippen MR) is 114 cm³/mol. The molecule has 3 rings (SSSR count). The molecule has 0 saturated carbocycles. The molecule has 0 bridgehead atoms. The van der Waals surface area contributed by atoms with Crippen LogP contribution < -0.4 is 9.64 Å². The van der Waals surface area contributed by atoms with E-state index in [1.54, 1.807) is 12.0 Å². The molecule has 1 aliphatic heterocycles. The molecule has 0 aromatic heterocycles. The van der Waals surface area contributed by atoms with Crippen LogP contribution in [-0.4, -0.2) is 68.0 Å². The fourth-order valence-electron chi connectivity index (χ4n) is 3.61. The van der Waals surface area contributed by atoms with Gasteiger partial charge >= 0.3 is 0 Å². The minimum Gasteiger partial charge on any atom is -0.495 e. The second-order valence-electron chi connectivity index (χ2n) is 7.22. The van der Waals surface area contributed by atoms with Crippen LogP contribution in [0, 0.1) is 0 Å². The fourth-order valence-corrected chi connectivity index (χ4v) is 3.61. The Bertz CT molecular complexity index is 817. The van der Waals surface area contributed by atoms with Gasteiger partial charge in [-0.25, -0.2) is 0 Å². The summed E-state index contributed by atoms with van der Waals surface area (Å²) in [5, 5.41) is 0. The molecular formula is C23H29N3O3. The van der Waals surface area contributed by atoms with Crippen molar-refractivity contribution in [1.82, 2.24) is 9.80 Å². The first kappa shape index (κ1) is 20.7. The van der Waals surface area contributed by atoms with E-state index in [2.05, 4.69) is 4.90 Å². The highest BCUT2D eigenvalue weighted by molar-refractivity contribution is 5.84. The van der Waals surface area contributed by atoms with Gasteiger partial charge in [0.1, 0.15) is 5.75 Å². The summed E-state index contributed by atoms with van der Waals surface area (Å²) in [7, 11) is 1.67. The maximum Gasteiger partial charge on any atom is 0.242 e. The number of hydrogen-bond donors (Lipinski definition) is 0. The molecule has 1 fully saturated rings. The van der Waals surface area contributed by atoms with E-state index in [1.165, 1.54) is 6.92 Å². The average Bonchev–Trinajstić information content (AvgIpc) is 2.77. The van der Waals surface area contributed by atoms with Crippen molar-refractivity contribution in [2.24, 2.45) is 0 Å². The molecule has 29 heavy (non-hydrogen) atoms. The number of ether oxygens (including phenoxy) is 1. The highest BCUT2D eigenvalue weighted by Gasteiger charge is 2.24. The Hall–Kier alpha value is -3.02. The lowest BCUT2D eigenvalue weighted by Crippen LogP contribution is -2.52. The third-order valence-corrected chi connectivity index (χ3v) is 5.34. The van der Waals surface area contributed by atoms with Crippen LogP contribution in [0.3, 0.4) is 0 Å². The molecule has 0 aliphatic carbocycles. The van der Waals surface area contributed by atoms with Crippen molar-refractivity contribution in [3.8, 4) is 5.75 Å². The summed E-state index contributed by atoms with van der Waals surface area (Å²) < 4.78 is 5.45. The SMILES string of the molecule is COc1ccccc1N1CCN(C(=O)CN(CCc2ccccc2)C(C)=O)CC1. The molecule has 0 N–H and O–H groups in total. The lowest BCUT2D eigenvalue weighted by atomic mass is 10.1. The molecule has 2 aromatic carbocycles. The number of piperazine rings is 1. The molecule has 6 nitrogen and oxygen atoms in total. The van der Waals surface area contributed by atoms with E-state index in [1.807, 2.05) is 59.5 Å². The first-order chi connectivity index (χ1) is 14.1. The number of hydrogen-bond acceptors (Lipinski definition) is 4. The number of anilines is 1. The average molecular weight is 396 g/mol. The van der Waals surface area contributed by atoms with Crippen LogP contribution in [0.5, 0.6) is 5.75 Å². The van der Waals surface area contributed by atoms with Gasteiger partial charge in [-0.2, -0.15) is 0 Å². The van der Waals surface area contributed by atoms with E-state index in [4.69, 9.17) is 4.74 Å². The van der Waals surface area contributed by atoms with E-state index in [-0.39, 0.29) is 18.4 Å². The summed E-state index contributed by atoms with van der Waals surface area (Å²) in [5.41, 5.74) is 2.21. The Morgan fingerprint density at radius 2 is 1.62 bits per heavy atom. The monoisotopic (exact) mass is 395 g/mol. The van der Waals surface area contributed by atoms with Gasteiger partial charge in [-0.3, -0.25) is 9.59 Å². The van der Waals surface area contributed by atoms with Crippen molar-refractivity contribution in [1.29, 1.82) is 0 Å². The second kappa shape index (κ2) is 9.96. The molecule has 0 atom stereocenters. The van der Waals surface area contributed by atoms with Crippen LogP contribution in [0.25, 0.3) is 0 Å². The molecule has 2 aromatic rings. The summed E-state index contributed by atoms with van der Waals surface area (Å²) in [6.07, 6.45) is 0.745. The third kappa shape index (κ3) is 5.50. The van der Waals surface area contributed by atoms with Gasteiger partial charge in [-0.15, -0.1) is 0 Å². The number of benzene rings is 2. The van der Waals surface area contributed by atoms with E-state index < -0.39 is 0 Å². The lowest BCUT2D eigenvalue weighted by Gasteiger charge is -2.37.